The van der Waals surface area contributed by atoms with E-state index >= 15 is 0 Å². The van der Waals surface area contributed by atoms with Crippen LogP contribution in [0.5, 0.6) is 0 Å². The summed E-state index contributed by atoms with van der Waals surface area (Å²) in [7, 11) is 0. The average Bonchev–Trinajstić information content (AvgIpc) is 2.28. The van der Waals surface area contributed by atoms with Gasteiger partial charge in [-0.05, 0) is 43.0 Å². The SMILES string of the molecule is Cc1ccc(C(O)C(CN)CC(C)C)cc1F. The summed E-state index contributed by atoms with van der Waals surface area (Å²) >= 11 is 0. The Balaban J connectivity index is 2.85. The highest BCUT2D eigenvalue weighted by Crippen LogP contribution is 2.27. The average molecular weight is 239 g/mol. The van der Waals surface area contributed by atoms with E-state index in [0.717, 1.165) is 6.42 Å². The molecular formula is C14H22FNO. The molecule has 0 radical (unpaired) electrons. The number of hydrogen-bond acceptors (Lipinski definition) is 2. The molecule has 0 aliphatic heterocycles. The maximum absolute atomic E-state index is 13.4. The lowest BCUT2D eigenvalue weighted by Crippen LogP contribution is -2.23. The van der Waals surface area contributed by atoms with Crippen LogP contribution in [-0.2, 0) is 0 Å². The van der Waals surface area contributed by atoms with E-state index in [-0.39, 0.29) is 11.7 Å². The van der Waals surface area contributed by atoms with Gasteiger partial charge in [0, 0.05) is 5.92 Å². The van der Waals surface area contributed by atoms with Crippen molar-refractivity contribution in [2.24, 2.45) is 17.6 Å². The molecule has 0 heterocycles. The predicted octanol–water partition coefficient (Wildman–Crippen LogP) is 2.79. The largest absolute Gasteiger partial charge is 0.388 e. The summed E-state index contributed by atoms with van der Waals surface area (Å²) in [6.45, 7) is 6.30. The van der Waals surface area contributed by atoms with Crippen LogP contribution in [-0.4, -0.2) is 11.7 Å². The number of halogens is 1. The molecule has 96 valence electrons. The van der Waals surface area contributed by atoms with E-state index in [1.54, 1.807) is 19.1 Å². The van der Waals surface area contributed by atoms with Crippen molar-refractivity contribution in [1.82, 2.24) is 0 Å². The number of benzene rings is 1. The molecule has 2 nitrogen and oxygen atoms in total. The molecule has 0 aromatic heterocycles. The molecule has 2 unspecified atom stereocenters. The molecule has 0 spiro atoms. The Morgan fingerprint density at radius 2 is 2.00 bits per heavy atom. The lowest BCUT2D eigenvalue weighted by molar-refractivity contribution is 0.0991. The molecule has 1 aromatic carbocycles. The van der Waals surface area contributed by atoms with Gasteiger partial charge in [-0.15, -0.1) is 0 Å². The van der Waals surface area contributed by atoms with Crippen molar-refractivity contribution >= 4 is 0 Å². The number of hydrogen-bond donors (Lipinski definition) is 2. The molecule has 1 rings (SSSR count). The summed E-state index contributed by atoms with van der Waals surface area (Å²) in [6.07, 6.45) is 0.158. The Labute approximate surface area is 103 Å². The zero-order valence-electron chi connectivity index (χ0n) is 10.8. The second-order valence-electron chi connectivity index (χ2n) is 5.08. The van der Waals surface area contributed by atoms with E-state index in [9.17, 15) is 9.50 Å². The fraction of sp³-hybridized carbons (Fsp3) is 0.571. The summed E-state index contributed by atoms with van der Waals surface area (Å²) in [5.74, 6) is 0.174. The van der Waals surface area contributed by atoms with Gasteiger partial charge < -0.3 is 10.8 Å². The third kappa shape index (κ3) is 3.79. The van der Waals surface area contributed by atoms with Gasteiger partial charge in [-0.2, -0.15) is 0 Å². The van der Waals surface area contributed by atoms with Gasteiger partial charge >= 0.3 is 0 Å². The van der Waals surface area contributed by atoms with Gasteiger partial charge in [0.2, 0.25) is 0 Å². The van der Waals surface area contributed by atoms with Crippen molar-refractivity contribution in [3.63, 3.8) is 0 Å². The molecule has 2 atom stereocenters. The van der Waals surface area contributed by atoms with Crippen LogP contribution in [0.1, 0.15) is 37.5 Å². The molecule has 0 fully saturated rings. The molecule has 0 aliphatic rings. The first-order valence-corrected chi connectivity index (χ1v) is 6.09. The monoisotopic (exact) mass is 239 g/mol. The van der Waals surface area contributed by atoms with E-state index in [2.05, 4.69) is 13.8 Å². The molecule has 1 aromatic rings. The normalized spacial score (nSPS) is 15.0. The van der Waals surface area contributed by atoms with Gasteiger partial charge in [0.05, 0.1) is 6.10 Å². The minimum atomic E-state index is -0.683. The highest BCUT2D eigenvalue weighted by atomic mass is 19.1. The summed E-state index contributed by atoms with van der Waals surface area (Å²) in [4.78, 5) is 0. The van der Waals surface area contributed by atoms with Crippen LogP contribution < -0.4 is 5.73 Å². The Morgan fingerprint density at radius 3 is 2.47 bits per heavy atom. The minimum Gasteiger partial charge on any atom is -0.388 e. The van der Waals surface area contributed by atoms with Crippen LogP contribution in [0.15, 0.2) is 18.2 Å². The van der Waals surface area contributed by atoms with Crippen LogP contribution in [0.2, 0.25) is 0 Å². The summed E-state index contributed by atoms with van der Waals surface area (Å²) < 4.78 is 13.4. The van der Waals surface area contributed by atoms with Crippen molar-refractivity contribution in [3.8, 4) is 0 Å². The standard InChI is InChI=1S/C14H22FNO/c1-9(2)6-12(8-16)14(17)11-5-4-10(3)13(15)7-11/h4-5,7,9,12,14,17H,6,8,16H2,1-3H3. The maximum atomic E-state index is 13.4. The minimum absolute atomic E-state index is 0.0166. The van der Waals surface area contributed by atoms with E-state index in [4.69, 9.17) is 5.73 Å². The second-order valence-corrected chi connectivity index (χ2v) is 5.08. The van der Waals surface area contributed by atoms with Gasteiger partial charge in [-0.3, -0.25) is 0 Å². The maximum Gasteiger partial charge on any atom is 0.126 e. The first-order chi connectivity index (χ1) is 7.95. The lowest BCUT2D eigenvalue weighted by atomic mass is 9.88. The molecule has 17 heavy (non-hydrogen) atoms. The summed E-state index contributed by atoms with van der Waals surface area (Å²) in [5, 5.41) is 10.2. The van der Waals surface area contributed by atoms with Crippen LogP contribution >= 0.6 is 0 Å². The van der Waals surface area contributed by atoms with Crippen molar-refractivity contribution in [2.75, 3.05) is 6.54 Å². The highest BCUT2D eigenvalue weighted by molar-refractivity contribution is 5.25. The van der Waals surface area contributed by atoms with Gasteiger partial charge in [-0.1, -0.05) is 26.0 Å². The molecule has 0 amide bonds. The quantitative estimate of drug-likeness (QED) is 0.830. The zero-order chi connectivity index (χ0) is 13.0. The van der Waals surface area contributed by atoms with E-state index in [1.807, 2.05) is 0 Å². The van der Waals surface area contributed by atoms with Crippen molar-refractivity contribution in [1.29, 1.82) is 0 Å². The van der Waals surface area contributed by atoms with Crippen LogP contribution in [0, 0.1) is 24.6 Å². The number of nitrogens with two attached hydrogens (primary N) is 1. The van der Waals surface area contributed by atoms with E-state index in [1.165, 1.54) is 6.07 Å². The van der Waals surface area contributed by atoms with Gasteiger partial charge in [0.15, 0.2) is 0 Å². The molecular weight excluding hydrogens is 217 g/mol. The smallest absolute Gasteiger partial charge is 0.126 e. The highest BCUT2D eigenvalue weighted by Gasteiger charge is 2.21. The molecule has 0 saturated heterocycles. The van der Waals surface area contributed by atoms with E-state index < -0.39 is 6.10 Å². The molecule has 0 saturated carbocycles. The van der Waals surface area contributed by atoms with Crippen LogP contribution in [0.25, 0.3) is 0 Å². The summed E-state index contributed by atoms with van der Waals surface area (Å²) in [6, 6.07) is 4.87. The number of rotatable bonds is 5. The fourth-order valence-corrected chi connectivity index (χ4v) is 2.02. The first-order valence-electron chi connectivity index (χ1n) is 6.09. The third-order valence-electron chi connectivity index (χ3n) is 3.06. The number of aliphatic hydroxyl groups is 1. The lowest BCUT2D eigenvalue weighted by Gasteiger charge is -2.23. The Morgan fingerprint density at radius 1 is 1.35 bits per heavy atom. The molecule has 3 heteroatoms. The Hall–Kier alpha value is -0.930. The Bertz CT molecular complexity index is 365. The third-order valence-corrected chi connectivity index (χ3v) is 3.06. The topological polar surface area (TPSA) is 46.2 Å². The van der Waals surface area contributed by atoms with Crippen molar-refractivity contribution in [2.45, 2.75) is 33.3 Å². The molecule has 0 bridgehead atoms. The number of aliphatic hydroxyl groups excluding tert-OH is 1. The molecule has 3 N–H and O–H groups in total. The second kappa shape index (κ2) is 6.12. The zero-order valence-corrected chi connectivity index (χ0v) is 10.8. The Kier molecular flexibility index (Phi) is 5.09. The first kappa shape index (κ1) is 14.1. The number of aryl methyl sites for hydroxylation is 1. The van der Waals surface area contributed by atoms with Gasteiger partial charge in [0.1, 0.15) is 5.82 Å². The van der Waals surface area contributed by atoms with Crippen molar-refractivity contribution < 1.29 is 9.50 Å². The van der Waals surface area contributed by atoms with Gasteiger partial charge in [0.25, 0.3) is 0 Å². The van der Waals surface area contributed by atoms with Crippen LogP contribution in [0.4, 0.5) is 4.39 Å². The molecule has 0 aliphatic carbocycles. The fourth-order valence-electron chi connectivity index (χ4n) is 2.02. The van der Waals surface area contributed by atoms with E-state index in [0.29, 0.717) is 23.6 Å². The van der Waals surface area contributed by atoms with Gasteiger partial charge in [-0.25, -0.2) is 4.39 Å². The van der Waals surface area contributed by atoms with Crippen molar-refractivity contribution in [3.05, 3.63) is 35.1 Å². The summed E-state index contributed by atoms with van der Waals surface area (Å²) in [5.41, 5.74) is 6.88. The predicted molar refractivity (Wildman–Crippen MR) is 68.1 cm³/mol. The van der Waals surface area contributed by atoms with Crippen LogP contribution in [0.3, 0.4) is 0 Å².